The molecule has 1 aliphatic carbocycles. The van der Waals surface area contributed by atoms with Crippen molar-refractivity contribution in [3.63, 3.8) is 0 Å². The van der Waals surface area contributed by atoms with Gasteiger partial charge in [-0.3, -0.25) is 0 Å². The molecule has 0 amide bonds. The number of para-hydroxylation sites is 1. The molecular formula is C28H36ClN5O. The molecule has 186 valence electrons. The van der Waals surface area contributed by atoms with Crippen molar-refractivity contribution in [3.8, 4) is 5.75 Å². The maximum atomic E-state index is 6.41. The maximum absolute atomic E-state index is 6.41. The van der Waals surface area contributed by atoms with Gasteiger partial charge in [-0.2, -0.15) is 4.98 Å². The summed E-state index contributed by atoms with van der Waals surface area (Å²) in [6.07, 6.45) is 6.45. The van der Waals surface area contributed by atoms with Crippen LogP contribution in [0.5, 0.6) is 5.75 Å². The molecule has 0 unspecified atom stereocenters. The van der Waals surface area contributed by atoms with Gasteiger partial charge in [-0.25, -0.2) is 4.98 Å². The molecule has 0 bridgehead atoms. The number of ether oxygens (including phenoxy) is 1. The fourth-order valence-corrected chi connectivity index (χ4v) is 4.90. The van der Waals surface area contributed by atoms with Crippen LogP contribution in [-0.2, 0) is 0 Å². The number of nitrogens with zero attached hydrogens (tertiary/aromatic N) is 2. The topological polar surface area (TPSA) is 71.1 Å². The van der Waals surface area contributed by atoms with Gasteiger partial charge in [-0.15, -0.1) is 0 Å². The van der Waals surface area contributed by atoms with Gasteiger partial charge in [0.1, 0.15) is 10.8 Å². The molecule has 1 fully saturated rings. The minimum absolute atomic E-state index is 0.0514. The van der Waals surface area contributed by atoms with Gasteiger partial charge in [0.05, 0.1) is 18.0 Å². The number of aryl methyl sites for hydroxylation is 2. The molecule has 0 radical (unpaired) electrons. The summed E-state index contributed by atoms with van der Waals surface area (Å²) in [6, 6.07) is 13.0. The molecule has 0 atom stereocenters. The van der Waals surface area contributed by atoms with Crippen molar-refractivity contribution in [1.29, 1.82) is 0 Å². The summed E-state index contributed by atoms with van der Waals surface area (Å²) in [7, 11) is 2.06. The molecule has 6 nitrogen and oxygen atoms in total. The summed E-state index contributed by atoms with van der Waals surface area (Å²) < 4.78 is 6.24. The average Bonchev–Trinajstić information content (AvgIpc) is 2.84. The van der Waals surface area contributed by atoms with Crippen molar-refractivity contribution in [2.75, 3.05) is 17.7 Å². The number of nitrogens with one attached hydrogen (secondary N) is 3. The van der Waals surface area contributed by atoms with Gasteiger partial charge >= 0.3 is 0 Å². The first-order chi connectivity index (χ1) is 16.8. The number of anilines is 4. The lowest BCUT2D eigenvalue weighted by molar-refractivity contribution is 0.243. The van der Waals surface area contributed by atoms with E-state index in [1.807, 2.05) is 45.0 Å². The molecule has 1 heterocycles. The van der Waals surface area contributed by atoms with Crippen LogP contribution in [-0.4, -0.2) is 29.2 Å². The van der Waals surface area contributed by atoms with Crippen LogP contribution in [0.2, 0.25) is 5.02 Å². The third kappa shape index (κ3) is 6.24. The summed E-state index contributed by atoms with van der Waals surface area (Å²) in [5, 5.41) is 10.6. The fourth-order valence-electron chi connectivity index (χ4n) is 4.76. The van der Waals surface area contributed by atoms with Gasteiger partial charge in [0.15, 0.2) is 5.82 Å². The highest BCUT2D eigenvalue weighted by molar-refractivity contribution is 6.32. The molecule has 35 heavy (non-hydrogen) atoms. The lowest BCUT2D eigenvalue weighted by Crippen LogP contribution is -2.29. The standard InChI is InChI=1S/C28H36ClN5O/c1-17(2)35-26-15-22(20-10-12-21(30-5)13-11-20)19(4)14-25(26)33-28-31-16-23(29)27(34-28)32-24-9-7-6-8-18(24)3/h6-9,14-17,20-21,30H,10-13H2,1-5H3,(H2,31,32,33,34)/t20-,21-. The maximum Gasteiger partial charge on any atom is 0.229 e. The summed E-state index contributed by atoms with van der Waals surface area (Å²) in [6.45, 7) is 8.31. The molecule has 3 aromatic rings. The minimum Gasteiger partial charge on any atom is -0.489 e. The number of hydrogen-bond acceptors (Lipinski definition) is 6. The second kappa shape index (κ2) is 11.3. The highest BCUT2D eigenvalue weighted by Crippen LogP contribution is 2.40. The normalized spacial score (nSPS) is 17.9. The van der Waals surface area contributed by atoms with E-state index < -0.39 is 0 Å². The second-order valence-corrected chi connectivity index (χ2v) is 10.1. The lowest BCUT2D eigenvalue weighted by atomic mass is 9.80. The first-order valence-electron chi connectivity index (χ1n) is 12.4. The predicted molar refractivity (Wildman–Crippen MR) is 146 cm³/mol. The summed E-state index contributed by atoms with van der Waals surface area (Å²) in [5.74, 6) is 2.39. The van der Waals surface area contributed by atoms with Crippen LogP contribution in [0, 0.1) is 13.8 Å². The van der Waals surface area contributed by atoms with Crippen molar-refractivity contribution in [3.05, 3.63) is 64.3 Å². The van der Waals surface area contributed by atoms with Crippen LogP contribution in [0.1, 0.15) is 62.1 Å². The molecule has 1 aromatic heterocycles. The first kappa shape index (κ1) is 25.3. The van der Waals surface area contributed by atoms with E-state index in [1.54, 1.807) is 6.20 Å². The molecule has 7 heteroatoms. The van der Waals surface area contributed by atoms with E-state index in [1.165, 1.54) is 36.8 Å². The van der Waals surface area contributed by atoms with E-state index >= 15 is 0 Å². The van der Waals surface area contributed by atoms with E-state index in [0.29, 0.717) is 28.7 Å². The van der Waals surface area contributed by atoms with Crippen LogP contribution in [0.3, 0.4) is 0 Å². The SMILES string of the molecule is CN[C@H]1CC[C@H](c2cc(OC(C)C)c(Nc3ncc(Cl)c(Nc4ccccc4C)n3)cc2C)CC1. The van der Waals surface area contributed by atoms with Crippen molar-refractivity contribution >= 4 is 34.7 Å². The molecule has 3 N–H and O–H groups in total. The smallest absolute Gasteiger partial charge is 0.229 e. The van der Waals surface area contributed by atoms with Gasteiger partial charge in [-0.05, 0) is 101 Å². The fraction of sp³-hybridized carbons (Fsp3) is 0.429. The van der Waals surface area contributed by atoms with Crippen molar-refractivity contribution in [2.45, 2.75) is 71.4 Å². The largest absolute Gasteiger partial charge is 0.489 e. The van der Waals surface area contributed by atoms with Crippen LogP contribution in [0.15, 0.2) is 42.6 Å². The Kier molecular flexibility index (Phi) is 8.14. The van der Waals surface area contributed by atoms with Crippen LogP contribution in [0.25, 0.3) is 0 Å². The van der Waals surface area contributed by atoms with Gasteiger partial charge in [0, 0.05) is 11.7 Å². The number of rotatable bonds is 8. The Hall–Kier alpha value is -2.83. The van der Waals surface area contributed by atoms with E-state index in [2.05, 4.69) is 52.0 Å². The molecule has 0 spiro atoms. The monoisotopic (exact) mass is 493 g/mol. The molecule has 1 aliphatic rings. The molecule has 2 aromatic carbocycles. The van der Waals surface area contributed by atoms with Gasteiger partial charge in [-0.1, -0.05) is 29.8 Å². The zero-order valence-corrected chi connectivity index (χ0v) is 22.0. The van der Waals surface area contributed by atoms with Crippen LogP contribution >= 0.6 is 11.6 Å². The highest BCUT2D eigenvalue weighted by Gasteiger charge is 2.24. The number of aromatic nitrogens is 2. The summed E-state index contributed by atoms with van der Waals surface area (Å²) in [4.78, 5) is 9.08. The minimum atomic E-state index is 0.0514. The Bertz CT molecular complexity index is 1160. The zero-order chi connectivity index (χ0) is 24.9. The Labute approximate surface area is 213 Å². The van der Waals surface area contributed by atoms with E-state index in [4.69, 9.17) is 16.3 Å². The molecule has 4 rings (SSSR count). The third-order valence-electron chi connectivity index (χ3n) is 6.69. The number of hydrogen-bond donors (Lipinski definition) is 3. The lowest BCUT2D eigenvalue weighted by Gasteiger charge is -2.30. The molecule has 0 aliphatic heterocycles. The Morgan fingerprint density at radius 2 is 1.71 bits per heavy atom. The van der Waals surface area contributed by atoms with Gasteiger partial charge in [0.2, 0.25) is 5.95 Å². The van der Waals surface area contributed by atoms with E-state index in [0.717, 1.165) is 22.7 Å². The summed E-state index contributed by atoms with van der Waals surface area (Å²) in [5.41, 5.74) is 5.55. The second-order valence-electron chi connectivity index (χ2n) is 9.66. The number of halogens is 1. The zero-order valence-electron chi connectivity index (χ0n) is 21.3. The molecule has 1 saturated carbocycles. The predicted octanol–water partition coefficient (Wildman–Crippen LogP) is 7.27. The molecular weight excluding hydrogens is 458 g/mol. The highest BCUT2D eigenvalue weighted by atomic mass is 35.5. The van der Waals surface area contributed by atoms with Crippen molar-refractivity contribution in [2.24, 2.45) is 0 Å². The summed E-state index contributed by atoms with van der Waals surface area (Å²) >= 11 is 6.41. The molecule has 0 saturated heterocycles. The van der Waals surface area contributed by atoms with E-state index in [9.17, 15) is 0 Å². The Morgan fingerprint density at radius 1 is 0.971 bits per heavy atom. The third-order valence-corrected chi connectivity index (χ3v) is 6.97. The number of benzene rings is 2. The van der Waals surface area contributed by atoms with E-state index in [-0.39, 0.29) is 6.10 Å². The van der Waals surface area contributed by atoms with Crippen molar-refractivity contribution in [1.82, 2.24) is 15.3 Å². The first-order valence-corrected chi connectivity index (χ1v) is 12.8. The van der Waals surface area contributed by atoms with Gasteiger partial charge in [0.25, 0.3) is 0 Å². The van der Waals surface area contributed by atoms with Crippen molar-refractivity contribution < 1.29 is 4.74 Å². The van der Waals surface area contributed by atoms with Gasteiger partial charge < -0.3 is 20.7 Å². The Morgan fingerprint density at radius 3 is 2.40 bits per heavy atom. The quantitative estimate of drug-likeness (QED) is 0.306. The Balaban J connectivity index is 1.61. The van der Waals surface area contributed by atoms with Crippen LogP contribution in [0.4, 0.5) is 23.1 Å². The average molecular weight is 494 g/mol. The van der Waals surface area contributed by atoms with Crippen LogP contribution < -0.4 is 20.7 Å².